The van der Waals surface area contributed by atoms with Crippen LogP contribution in [0.5, 0.6) is 5.75 Å². The Kier molecular flexibility index (Phi) is 8.00. The molecule has 0 aromatic heterocycles. The van der Waals surface area contributed by atoms with Crippen LogP contribution in [0.2, 0.25) is 10.0 Å². The third-order valence-corrected chi connectivity index (χ3v) is 3.94. The molecule has 0 saturated heterocycles. The zero-order valence-electron chi connectivity index (χ0n) is 14.8. The lowest BCUT2D eigenvalue weighted by atomic mass is 10.1. The average molecular weight is 386 g/mol. The molecule has 1 rings (SSSR count). The van der Waals surface area contributed by atoms with Crippen LogP contribution in [0.4, 0.5) is 0 Å². The number of hydrogen-bond acceptors (Lipinski definition) is 4. The van der Waals surface area contributed by atoms with Gasteiger partial charge in [-0.05, 0) is 51.5 Å². The van der Waals surface area contributed by atoms with Crippen LogP contribution in [0.3, 0.4) is 0 Å². The molecule has 0 bridgehead atoms. The molecule has 1 aromatic rings. The van der Waals surface area contributed by atoms with E-state index in [4.69, 9.17) is 27.9 Å². The zero-order chi connectivity index (χ0) is 19.1. The summed E-state index contributed by atoms with van der Waals surface area (Å²) in [6.45, 7) is 7.35. The molecule has 0 unspecified atom stereocenters. The van der Waals surface area contributed by atoms with Crippen molar-refractivity contribution >= 4 is 35.1 Å². The highest BCUT2D eigenvalue weighted by Crippen LogP contribution is 2.34. The van der Waals surface area contributed by atoms with Crippen molar-refractivity contribution in [1.82, 2.24) is 5.32 Å². The van der Waals surface area contributed by atoms with Crippen molar-refractivity contribution in [2.75, 3.05) is 13.7 Å². The van der Waals surface area contributed by atoms with E-state index in [2.05, 4.69) is 10.1 Å². The first kappa shape index (κ1) is 21.1. The van der Waals surface area contributed by atoms with Gasteiger partial charge in [0.1, 0.15) is 0 Å². The van der Waals surface area contributed by atoms with Crippen molar-refractivity contribution in [3.63, 3.8) is 0 Å². The van der Waals surface area contributed by atoms with E-state index in [-0.39, 0.29) is 16.0 Å². The van der Waals surface area contributed by atoms with E-state index in [1.54, 1.807) is 26.8 Å². The Labute approximate surface area is 157 Å². The lowest BCUT2D eigenvalue weighted by Gasteiger charge is -2.11. The molecule has 1 N–H and O–H groups in total. The predicted octanol–water partition coefficient (Wildman–Crippen LogP) is 4.54. The molecule has 0 fully saturated rings. The van der Waals surface area contributed by atoms with E-state index in [1.807, 2.05) is 6.92 Å². The SMILES string of the molecule is CCOc1c(Cl)cc(C(=O)NC(C)=CC(C)=C(C)C(=O)OC)cc1Cl. The van der Waals surface area contributed by atoms with E-state index in [0.29, 0.717) is 34.8 Å². The molecule has 0 atom stereocenters. The van der Waals surface area contributed by atoms with E-state index in [9.17, 15) is 9.59 Å². The highest BCUT2D eigenvalue weighted by atomic mass is 35.5. The second-order valence-corrected chi connectivity index (χ2v) is 6.10. The number of esters is 1. The van der Waals surface area contributed by atoms with Gasteiger partial charge in [0.2, 0.25) is 0 Å². The third kappa shape index (κ3) is 5.80. The van der Waals surface area contributed by atoms with E-state index >= 15 is 0 Å². The minimum Gasteiger partial charge on any atom is -0.491 e. The van der Waals surface area contributed by atoms with Crippen LogP contribution in [-0.4, -0.2) is 25.6 Å². The summed E-state index contributed by atoms with van der Waals surface area (Å²) in [6, 6.07) is 2.98. The van der Waals surface area contributed by atoms with Crippen molar-refractivity contribution in [2.45, 2.75) is 27.7 Å². The number of amides is 1. The molecule has 1 aromatic carbocycles. The number of halogens is 2. The lowest BCUT2D eigenvalue weighted by molar-refractivity contribution is -0.136. The molecule has 1 amide bonds. The number of ether oxygens (including phenoxy) is 2. The van der Waals surface area contributed by atoms with Crippen molar-refractivity contribution in [1.29, 1.82) is 0 Å². The molecular weight excluding hydrogens is 365 g/mol. The molecule has 0 radical (unpaired) electrons. The van der Waals surface area contributed by atoms with Crippen LogP contribution in [0.25, 0.3) is 0 Å². The number of carbonyl (C=O) groups excluding carboxylic acids is 2. The summed E-state index contributed by atoms with van der Waals surface area (Å²) in [5.74, 6) is -0.441. The fraction of sp³-hybridized carbons (Fsp3) is 0.333. The van der Waals surface area contributed by atoms with Gasteiger partial charge in [0.05, 0.1) is 23.8 Å². The van der Waals surface area contributed by atoms with Gasteiger partial charge in [-0.2, -0.15) is 0 Å². The number of methoxy groups -OCH3 is 1. The van der Waals surface area contributed by atoms with Gasteiger partial charge in [-0.1, -0.05) is 23.2 Å². The van der Waals surface area contributed by atoms with E-state index < -0.39 is 5.97 Å². The number of benzene rings is 1. The van der Waals surface area contributed by atoms with Crippen LogP contribution in [0.15, 0.2) is 35.1 Å². The lowest BCUT2D eigenvalue weighted by Crippen LogP contribution is -2.21. The third-order valence-electron chi connectivity index (χ3n) is 3.38. The van der Waals surface area contributed by atoms with Crippen LogP contribution in [-0.2, 0) is 9.53 Å². The van der Waals surface area contributed by atoms with Crippen molar-refractivity contribution in [3.8, 4) is 5.75 Å². The Morgan fingerprint density at radius 2 is 1.72 bits per heavy atom. The highest BCUT2D eigenvalue weighted by molar-refractivity contribution is 6.37. The monoisotopic (exact) mass is 385 g/mol. The van der Waals surface area contributed by atoms with Crippen molar-refractivity contribution in [2.24, 2.45) is 0 Å². The normalized spacial score (nSPS) is 12.4. The Bertz CT molecular complexity index is 716. The van der Waals surface area contributed by atoms with Crippen LogP contribution >= 0.6 is 23.2 Å². The fourth-order valence-corrected chi connectivity index (χ4v) is 2.60. The van der Waals surface area contributed by atoms with Gasteiger partial charge in [-0.25, -0.2) is 4.79 Å². The fourth-order valence-electron chi connectivity index (χ4n) is 2.01. The zero-order valence-corrected chi connectivity index (χ0v) is 16.3. The van der Waals surface area contributed by atoms with Gasteiger partial charge in [-0.15, -0.1) is 0 Å². The topological polar surface area (TPSA) is 64.6 Å². The molecule has 0 heterocycles. The summed E-state index contributed by atoms with van der Waals surface area (Å²) in [7, 11) is 1.32. The maximum absolute atomic E-state index is 12.4. The molecule has 0 aliphatic carbocycles. The van der Waals surface area contributed by atoms with Gasteiger partial charge < -0.3 is 14.8 Å². The molecule has 25 heavy (non-hydrogen) atoms. The van der Waals surface area contributed by atoms with Crippen molar-refractivity contribution < 1.29 is 19.1 Å². The Balaban J connectivity index is 2.99. The molecule has 0 aliphatic rings. The first-order valence-electron chi connectivity index (χ1n) is 7.58. The summed E-state index contributed by atoms with van der Waals surface area (Å²) in [4.78, 5) is 23.9. The maximum Gasteiger partial charge on any atom is 0.333 e. The second-order valence-electron chi connectivity index (χ2n) is 5.28. The molecule has 7 heteroatoms. The minimum atomic E-state index is -0.419. The number of hydrogen-bond donors (Lipinski definition) is 1. The van der Waals surface area contributed by atoms with Crippen molar-refractivity contribution in [3.05, 3.63) is 50.7 Å². The van der Waals surface area contributed by atoms with Gasteiger partial charge >= 0.3 is 5.97 Å². The summed E-state index contributed by atoms with van der Waals surface area (Å²) in [5.41, 5.74) is 2.01. The second kappa shape index (κ2) is 9.49. The van der Waals surface area contributed by atoms with Gasteiger partial charge in [-0.3, -0.25) is 4.79 Å². The molecular formula is C18H21Cl2NO4. The molecule has 0 spiro atoms. The number of allylic oxidation sites excluding steroid dienone is 3. The standard InChI is InChI=1S/C18H21Cl2NO4/c1-6-25-16-14(19)8-13(9-15(16)20)17(22)21-11(3)7-10(2)12(4)18(23)24-5/h7-9H,6H2,1-5H3,(H,21,22). The molecule has 5 nitrogen and oxygen atoms in total. The number of carbonyl (C=O) groups is 2. The first-order chi connectivity index (χ1) is 11.7. The average Bonchev–Trinajstić information content (AvgIpc) is 2.56. The number of nitrogens with one attached hydrogen (secondary N) is 1. The molecule has 0 saturated carbocycles. The molecule has 0 aliphatic heterocycles. The summed E-state index contributed by atoms with van der Waals surface area (Å²) >= 11 is 12.2. The van der Waals surface area contributed by atoms with Crippen LogP contribution < -0.4 is 10.1 Å². The predicted molar refractivity (Wildman–Crippen MR) is 99.2 cm³/mol. The van der Waals surface area contributed by atoms with Crippen LogP contribution in [0, 0.1) is 0 Å². The maximum atomic E-state index is 12.4. The van der Waals surface area contributed by atoms with Gasteiger partial charge in [0.15, 0.2) is 5.75 Å². The summed E-state index contributed by atoms with van der Waals surface area (Å²) in [5, 5.41) is 3.25. The summed E-state index contributed by atoms with van der Waals surface area (Å²) in [6.07, 6.45) is 1.68. The Hall–Kier alpha value is -1.98. The summed E-state index contributed by atoms with van der Waals surface area (Å²) < 4.78 is 10.0. The quantitative estimate of drug-likeness (QED) is 0.443. The smallest absolute Gasteiger partial charge is 0.333 e. The Morgan fingerprint density at radius 3 is 2.20 bits per heavy atom. The largest absolute Gasteiger partial charge is 0.491 e. The Morgan fingerprint density at radius 1 is 1.16 bits per heavy atom. The first-order valence-corrected chi connectivity index (χ1v) is 8.34. The highest BCUT2D eigenvalue weighted by Gasteiger charge is 2.14. The van der Waals surface area contributed by atoms with E-state index in [1.165, 1.54) is 19.2 Å². The van der Waals surface area contributed by atoms with E-state index in [0.717, 1.165) is 0 Å². The number of rotatable bonds is 6. The minimum absolute atomic E-state index is 0.263. The molecule has 136 valence electrons. The van der Waals surface area contributed by atoms with Gasteiger partial charge in [0, 0.05) is 16.8 Å². The van der Waals surface area contributed by atoms with Gasteiger partial charge in [0.25, 0.3) is 5.91 Å². The van der Waals surface area contributed by atoms with Crippen LogP contribution in [0.1, 0.15) is 38.1 Å².